The first-order valence-corrected chi connectivity index (χ1v) is 7.95. The number of benzene rings is 1. The molecule has 0 saturated carbocycles. The Morgan fingerprint density at radius 1 is 1.14 bits per heavy atom. The van der Waals surface area contributed by atoms with E-state index in [4.69, 9.17) is 11.6 Å². The van der Waals surface area contributed by atoms with Crippen LogP contribution in [0.1, 0.15) is 45.2 Å². The molecule has 0 heterocycles. The Labute approximate surface area is 136 Å². The molecule has 1 rings (SSSR count). The van der Waals surface area contributed by atoms with Crippen LogP contribution < -0.4 is 16.0 Å². The SMILES string of the molecule is CCCNC(=O)[C@@H](C)NC(=O)N[C@@H](CC)c1ccc(Cl)cc1. The Balaban J connectivity index is 2.54. The van der Waals surface area contributed by atoms with Gasteiger partial charge in [-0.05, 0) is 37.5 Å². The maximum absolute atomic E-state index is 12.0. The second-order valence-corrected chi connectivity index (χ2v) is 5.58. The normalized spacial score (nSPS) is 13.1. The highest BCUT2D eigenvalue weighted by atomic mass is 35.5. The third-order valence-electron chi connectivity index (χ3n) is 3.28. The molecule has 0 unspecified atom stereocenters. The number of hydrogen-bond donors (Lipinski definition) is 3. The fourth-order valence-electron chi connectivity index (χ4n) is 1.98. The van der Waals surface area contributed by atoms with E-state index in [9.17, 15) is 9.59 Å². The molecule has 1 aromatic carbocycles. The molecule has 0 spiro atoms. The fraction of sp³-hybridized carbons (Fsp3) is 0.500. The van der Waals surface area contributed by atoms with Gasteiger partial charge in [0.25, 0.3) is 0 Å². The van der Waals surface area contributed by atoms with E-state index >= 15 is 0 Å². The van der Waals surface area contributed by atoms with Gasteiger partial charge in [-0.1, -0.05) is 37.6 Å². The predicted octanol–water partition coefficient (Wildman–Crippen LogP) is 3.01. The summed E-state index contributed by atoms with van der Waals surface area (Å²) in [5, 5.41) is 8.92. The number of urea groups is 1. The molecule has 3 N–H and O–H groups in total. The van der Waals surface area contributed by atoms with Crippen molar-refractivity contribution >= 4 is 23.5 Å². The van der Waals surface area contributed by atoms with Crippen LogP contribution in [0.25, 0.3) is 0 Å². The molecule has 3 amide bonds. The van der Waals surface area contributed by atoms with Crippen LogP contribution in [0.4, 0.5) is 4.79 Å². The zero-order chi connectivity index (χ0) is 16.5. The second-order valence-electron chi connectivity index (χ2n) is 5.14. The molecule has 2 atom stereocenters. The van der Waals surface area contributed by atoms with Crippen molar-refractivity contribution in [1.29, 1.82) is 0 Å². The standard InChI is InChI=1S/C16H24ClN3O2/c1-4-10-18-15(21)11(3)19-16(22)20-14(5-2)12-6-8-13(17)9-7-12/h6-9,11,14H,4-5,10H2,1-3H3,(H,18,21)(H2,19,20,22)/t11-,14+/m1/s1. The van der Waals surface area contributed by atoms with Crippen molar-refractivity contribution in [2.75, 3.05) is 6.54 Å². The molecule has 0 aliphatic heterocycles. The van der Waals surface area contributed by atoms with Crippen molar-refractivity contribution in [3.05, 3.63) is 34.9 Å². The monoisotopic (exact) mass is 325 g/mol. The molecule has 22 heavy (non-hydrogen) atoms. The van der Waals surface area contributed by atoms with Gasteiger partial charge >= 0.3 is 6.03 Å². The van der Waals surface area contributed by atoms with Gasteiger partial charge in [-0.25, -0.2) is 4.79 Å². The first-order valence-electron chi connectivity index (χ1n) is 7.58. The molecule has 0 aliphatic rings. The lowest BCUT2D eigenvalue weighted by molar-refractivity contribution is -0.122. The number of rotatable bonds is 7. The summed E-state index contributed by atoms with van der Waals surface area (Å²) in [4.78, 5) is 23.7. The number of halogens is 1. The van der Waals surface area contributed by atoms with E-state index in [1.54, 1.807) is 19.1 Å². The molecular formula is C16H24ClN3O2. The number of amides is 3. The van der Waals surface area contributed by atoms with Gasteiger partial charge in [0.1, 0.15) is 6.04 Å². The Morgan fingerprint density at radius 3 is 2.32 bits per heavy atom. The van der Waals surface area contributed by atoms with Crippen molar-refractivity contribution in [2.24, 2.45) is 0 Å². The molecule has 0 aromatic heterocycles. The van der Waals surface area contributed by atoms with Crippen LogP contribution in [-0.2, 0) is 4.79 Å². The smallest absolute Gasteiger partial charge is 0.315 e. The van der Waals surface area contributed by atoms with Crippen LogP contribution in [0.15, 0.2) is 24.3 Å². The van der Waals surface area contributed by atoms with Gasteiger partial charge in [-0.15, -0.1) is 0 Å². The Morgan fingerprint density at radius 2 is 1.77 bits per heavy atom. The highest BCUT2D eigenvalue weighted by Gasteiger charge is 2.17. The summed E-state index contributed by atoms with van der Waals surface area (Å²) >= 11 is 5.87. The quantitative estimate of drug-likeness (QED) is 0.721. The van der Waals surface area contributed by atoms with E-state index in [1.165, 1.54) is 0 Å². The van der Waals surface area contributed by atoms with Gasteiger partial charge in [0, 0.05) is 11.6 Å². The minimum Gasteiger partial charge on any atom is -0.354 e. The summed E-state index contributed by atoms with van der Waals surface area (Å²) in [6.07, 6.45) is 1.60. The van der Waals surface area contributed by atoms with Gasteiger partial charge in [0.05, 0.1) is 6.04 Å². The molecule has 0 fully saturated rings. The topological polar surface area (TPSA) is 70.2 Å². The van der Waals surface area contributed by atoms with Crippen LogP contribution in [0, 0.1) is 0 Å². The summed E-state index contributed by atoms with van der Waals surface area (Å²) in [6.45, 7) is 6.22. The van der Waals surface area contributed by atoms with Gasteiger partial charge in [0.15, 0.2) is 0 Å². The molecule has 0 aliphatic carbocycles. The summed E-state index contributed by atoms with van der Waals surface area (Å²) in [7, 11) is 0. The molecule has 122 valence electrons. The average Bonchev–Trinajstić information content (AvgIpc) is 2.51. The molecule has 6 heteroatoms. The summed E-state index contributed by atoms with van der Waals surface area (Å²) in [6, 6.07) is 6.29. The fourth-order valence-corrected chi connectivity index (χ4v) is 2.11. The maximum atomic E-state index is 12.0. The molecule has 5 nitrogen and oxygen atoms in total. The first kappa shape index (κ1) is 18.3. The maximum Gasteiger partial charge on any atom is 0.315 e. The van der Waals surface area contributed by atoms with E-state index in [0.29, 0.717) is 11.6 Å². The Kier molecular flexibility index (Phi) is 7.74. The molecular weight excluding hydrogens is 302 g/mol. The lowest BCUT2D eigenvalue weighted by Crippen LogP contribution is -2.49. The van der Waals surface area contributed by atoms with E-state index in [1.807, 2.05) is 26.0 Å². The Hall–Kier alpha value is -1.75. The summed E-state index contributed by atoms with van der Waals surface area (Å²) in [5.74, 6) is -0.184. The van der Waals surface area contributed by atoms with Crippen molar-refractivity contribution in [2.45, 2.75) is 45.7 Å². The van der Waals surface area contributed by atoms with Crippen LogP contribution in [0.3, 0.4) is 0 Å². The highest BCUT2D eigenvalue weighted by Crippen LogP contribution is 2.18. The van der Waals surface area contributed by atoms with Gasteiger partial charge in [-0.3, -0.25) is 4.79 Å². The summed E-state index contributed by atoms with van der Waals surface area (Å²) in [5.41, 5.74) is 0.977. The van der Waals surface area contributed by atoms with Crippen LogP contribution >= 0.6 is 11.6 Å². The number of carbonyl (C=O) groups excluding carboxylic acids is 2. The van der Waals surface area contributed by atoms with E-state index in [0.717, 1.165) is 18.4 Å². The van der Waals surface area contributed by atoms with Gasteiger partial charge in [-0.2, -0.15) is 0 Å². The van der Waals surface area contributed by atoms with Crippen molar-refractivity contribution in [1.82, 2.24) is 16.0 Å². The predicted molar refractivity (Wildman–Crippen MR) is 88.9 cm³/mol. The highest BCUT2D eigenvalue weighted by molar-refractivity contribution is 6.30. The van der Waals surface area contributed by atoms with Crippen molar-refractivity contribution in [3.8, 4) is 0 Å². The van der Waals surface area contributed by atoms with Gasteiger partial charge < -0.3 is 16.0 Å². The third kappa shape index (κ3) is 5.93. The van der Waals surface area contributed by atoms with E-state index in [-0.39, 0.29) is 18.0 Å². The molecule has 0 bridgehead atoms. The second kappa shape index (κ2) is 9.30. The van der Waals surface area contributed by atoms with E-state index in [2.05, 4.69) is 16.0 Å². The first-order chi connectivity index (χ1) is 10.5. The number of hydrogen-bond acceptors (Lipinski definition) is 2. The lowest BCUT2D eigenvalue weighted by Gasteiger charge is -2.20. The lowest BCUT2D eigenvalue weighted by atomic mass is 10.1. The zero-order valence-electron chi connectivity index (χ0n) is 13.3. The van der Waals surface area contributed by atoms with E-state index < -0.39 is 6.04 Å². The third-order valence-corrected chi connectivity index (χ3v) is 3.53. The average molecular weight is 326 g/mol. The van der Waals surface area contributed by atoms with Crippen LogP contribution in [-0.4, -0.2) is 24.5 Å². The largest absolute Gasteiger partial charge is 0.354 e. The minimum absolute atomic E-state index is 0.122. The van der Waals surface area contributed by atoms with Crippen molar-refractivity contribution in [3.63, 3.8) is 0 Å². The molecule has 0 radical (unpaired) electrons. The minimum atomic E-state index is -0.575. The van der Waals surface area contributed by atoms with Crippen LogP contribution in [0.5, 0.6) is 0 Å². The van der Waals surface area contributed by atoms with Gasteiger partial charge in [0.2, 0.25) is 5.91 Å². The molecule has 1 aromatic rings. The summed E-state index contributed by atoms with van der Waals surface area (Å²) < 4.78 is 0. The van der Waals surface area contributed by atoms with Crippen molar-refractivity contribution < 1.29 is 9.59 Å². The Bertz CT molecular complexity index is 491. The number of carbonyl (C=O) groups is 2. The molecule has 0 saturated heterocycles. The van der Waals surface area contributed by atoms with Crippen LogP contribution in [0.2, 0.25) is 5.02 Å². The number of nitrogens with one attached hydrogen (secondary N) is 3. The zero-order valence-corrected chi connectivity index (χ0v) is 14.0.